The van der Waals surface area contributed by atoms with Crippen LogP contribution in [0.4, 0.5) is 0 Å². The quantitative estimate of drug-likeness (QED) is 0.0863. The molecule has 1 spiro atoms. The lowest BCUT2D eigenvalue weighted by Gasteiger charge is -2.69. The van der Waals surface area contributed by atoms with Gasteiger partial charge in [0.1, 0.15) is 23.9 Å². The zero-order valence-corrected chi connectivity index (χ0v) is 36.9. The molecule has 0 radical (unpaired) electrons. The Morgan fingerprint density at radius 3 is 2.03 bits per heavy atom. The fourth-order valence-corrected chi connectivity index (χ4v) is 14.6. The number of likely N-dealkylation sites (tertiary alicyclic amines) is 1. The average Bonchev–Trinajstić information content (AvgIpc) is 3.62. The van der Waals surface area contributed by atoms with Crippen LogP contribution in [0.2, 0.25) is 0 Å². The van der Waals surface area contributed by atoms with E-state index in [4.69, 9.17) is 28.4 Å². The molecule has 1 aromatic rings. The van der Waals surface area contributed by atoms with Crippen LogP contribution in [0.25, 0.3) is 0 Å². The fourth-order valence-electron chi connectivity index (χ4n) is 14.6. The number of methoxy groups -OCH3 is 4. The predicted molar refractivity (Wildman–Crippen MR) is 224 cm³/mol. The van der Waals surface area contributed by atoms with Gasteiger partial charge >= 0.3 is 11.9 Å². The SMILES string of the molecule is CCCCCCCCCCCCCCCC(=O)O[C@]12[C@H]3[C@@H](OC(=O)c4ccccc4)[C@@](O)(C[C@H]3[C@@]34[C@@H](OC)CC[C@@]5(COC)CN(CC)[C@@H]3[C@@H]1[C@H](OC)[C@H]54)[C@@H](OC)[C@@H]2O. The van der Waals surface area contributed by atoms with E-state index in [1.807, 2.05) is 6.07 Å². The first-order chi connectivity index (χ1) is 28.6. The number of ether oxygens (including phenoxy) is 6. The summed E-state index contributed by atoms with van der Waals surface area (Å²) in [7, 11) is 6.73. The highest BCUT2D eigenvalue weighted by atomic mass is 16.6. The predicted octanol–water partition coefficient (Wildman–Crippen LogP) is 7.14. The molecule has 59 heavy (non-hydrogen) atoms. The third-order valence-corrected chi connectivity index (χ3v) is 16.5. The number of hydrogen-bond donors (Lipinski definition) is 2. The second-order valence-electron chi connectivity index (χ2n) is 19.2. The van der Waals surface area contributed by atoms with Crippen LogP contribution in [-0.2, 0) is 33.2 Å². The minimum atomic E-state index is -1.77. The average molecular weight is 826 g/mol. The van der Waals surface area contributed by atoms with Crippen LogP contribution in [-0.4, -0.2) is 123 Å². The topological polar surface area (TPSA) is 133 Å². The van der Waals surface area contributed by atoms with Crippen molar-refractivity contribution >= 4 is 11.9 Å². The van der Waals surface area contributed by atoms with Crippen LogP contribution >= 0.6 is 0 Å². The second-order valence-corrected chi connectivity index (χ2v) is 19.2. The number of aliphatic hydroxyl groups is 2. The van der Waals surface area contributed by atoms with Crippen molar-refractivity contribution in [3.8, 4) is 0 Å². The van der Waals surface area contributed by atoms with Gasteiger partial charge in [-0.05, 0) is 50.3 Å². The van der Waals surface area contributed by atoms with Crippen LogP contribution < -0.4 is 0 Å². The summed E-state index contributed by atoms with van der Waals surface area (Å²) >= 11 is 0. The van der Waals surface area contributed by atoms with E-state index in [0.717, 1.165) is 45.2 Å². The minimum absolute atomic E-state index is 0.107. The molecule has 1 heterocycles. The van der Waals surface area contributed by atoms with Crippen LogP contribution in [0.15, 0.2) is 30.3 Å². The maximum absolute atomic E-state index is 14.5. The summed E-state index contributed by atoms with van der Waals surface area (Å²) in [5, 5.41) is 26.1. The Bertz CT molecular complexity index is 1560. The van der Waals surface area contributed by atoms with Crippen molar-refractivity contribution in [1.82, 2.24) is 4.90 Å². The number of nitrogens with zero attached hydrogens (tertiary/aromatic N) is 1. The van der Waals surface area contributed by atoms with Crippen LogP contribution in [0.5, 0.6) is 0 Å². The zero-order chi connectivity index (χ0) is 42.0. The number of carbonyl (C=O) groups excluding carboxylic acids is 2. The first-order valence-electron chi connectivity index (χ1n) is 23.3. The van der Waals surface area contributed by atoms with Gasteiger partial charge < -0.3 is 38.6 Å². The van der Waals surface area contributed by atoms with E-state index in [-0.39, 0.29) is 48.2 Å². The molecule has 2 N–H and O–H groups in total. The number of piperidine rings is 1. The molecule has 5 saturated carbocycles. The lowest BCUT2D eigenvalue weighted by molar-refractivity contribution is -0.318. The van der Waals surface area contributed by atoms with Gasteiger partial charge in [-0.1, -0.05) is 109 Å². The molecule has 6 fully saturated rings. The molecule has 7 rings (SSSR count). The molecule has 0 aromatic heterocycles. The van der Waals surface area contributed by atoms with E-state index in [2.05, 4.69) is 18.7 Å². The molecule has 6 aliphatic rings. The highest BCUT2D eigenvalue weighted by Crippen LogP contribution is 2.80. The summed E-state index contributed by atoms with van der Waals surface area (Å²) in [5.74, 6) is -2.76. The monoisotopic (exact) mass is 826 g/mol. The molecule has 11 heteroatoms. The summed E-state index contributed by atoms with van der Waals surface area (Å²) in [6.45, 7) is 6.41. The van der Waals surface area contributed by atoms with Gasteiger partial charge in [-0.3, -0.25) is 9.69 Å². The van der Waals surface area contributed by atoms with Crippen LogP contribution in [0.1, 0.15) is 133 Å². The van der Waals surface area contributed by atoms with E-state index >= 15 is 0 Å². The maximum Gasteiger partial charge on any atom is 0.338 e. The Morgan fingerprint density at radius 2 is 1.46 bits per heavy atom. The highest BCUT2D eigenvalue weighted by molar-refractivity contribution is 5.89. The lowest BCUT2D eigenvalue weighted by Crippen LogP contribution is -2.81. The third-order valence-electron chi connectivity index (χ3n) is 16.5. The van der Waals surface area contributed by atoms with Crippen molar-refractivity contribution < 1.29 is 48.2 Å². The van der Waals surface area contributed by atoms with E-state index in [9.17, 15) is 19.8 Å². The molecule has 1 saturated heterocycles. The molecule has 1 aliphatic heterocycles. The fraction of sp³-hybridized carbons (Fsp3) is 0.833. The van der Waals surface area contributed by atoms with E-state index in [1.54, 1.807) is 45.6 Å². The number of rotatable bonds is 23. The van der Waals surface area contributed by atoms with Crippen molar-refractivity contribution in [2.24, 2.45) is 34.5 Å². The largest absolute Gasteiger partial charge is 0.455 e. The molecule has 5 aliphatic carbocycles. The Kier molecular flexibility index (Phi) is 14.2. The van der Waals surface area contributed by atoms with Gasteiger partial charge in [-0.25, -0.2) is 4.79 Å². The lowest BCUT2D eigenvalue weighted by atomic mass is 9.43. The third kappa shape index (κ3) is 7.22. The standard InChI is InChI=1S/C48H75NO10/c1-7-9-10-11-12-13-14-15-16-17-18-19-23-26-35(50)59-48-36-33(29-46(53,43(57-6)41(48)51)42(36)58-44(52)32-24-21-20-22-25-32)47-34(55-4)27-28-45(31-54-3)30-49(8-2)40(47)37(48)38(56-5)39(45)47/h20-22,24-25,33-34,36-43,51,53H,7-19,23,26-31H2,1-6H3/t33-,34+,36-,37+,38+,39-,40-,41+,42-,43+,45+,46+,47+,48-/m1/s1. The molecule has 332 valence electrons. The molecule has 0 amide bonds. The van der Waals surface area contributed by atoms with Gasteiger partial charge in [0.15, 0.2) is 5.60 Å². The molecule has 14 atom stereocenters. The van der Waals surface area contributed by atoms with Gasteiger partial charge in [-0.15, -0.1) is 0 Å². The van der Waals surface area contributed by atoms with Crippen LogP contribution in [0, 0.1) is 34.5 Å². The summed E-state index contributed by atoms with van der Waals surface area (Å²) in [6, 6.07) is 8.56. The molecule has 0 unspecified atom stereocenters. The summed E-state index contributed by atoms with van der Waals surface area (Å²) in [5.41, 5.74) is -3.96. The number of esters is 2. The van der Waals surface area contributed by atoms with Gasteiger partial charge in [0, 0.05) is 76.0 Å². The molecule has 11 nitrogen and oxygen atoms in total. The van der Waals surface area contributed by atoms with Crippen molar-refractivity contribution in [3.05, 3.63) is 35.9 Å². The van der Waals surface area contributed by atoms with Gasteiger partial charge in [0.25, 0.3) is 0 Å². The number of aliphatic hydroxyl groups excluding tert-OH is 1. The Labute approximate surface area is 353 Å². The van der Waals surface area contributed by atoms with Crippen LogP contribution in [0.3, 0.4) is 0 Å². The molecule has 1 aromatic carbocycles. The van der Waals surface area contributed by atoms with E-state index < -0.39 is 58.8 Å². The number of hydrogen-bond acceptors (Lipinski definition) is 11. The number of fused-ring (bicyclic) bond motifs is 2. The first-order valence-corrected chi connectivity index (χ1v) is 23.3. The van der Waals surface area contributed by atoms with Crippen molar-refractivity contribution in [2.75, 3.05) is 48.1 Å². The first kappa shape index (κ1) is 44.9. The summed E-state index contributed by atoms with van der Waals surface area (Å²) in [6.07, 6.45) is 13.1. The van der Waals surface area contributed by atoms with E-state index in [0.29, 0.717) is 18.6 Å². The molecule has 7 bridgehead atoms. The smallest absolute Gasteiger partial charge is 0.338 e. The van der Waals surface area contributed by atoms with Crippen molar-refractivity contribution in [2.45, 2.75) is 171 Å². The number of unbranched alkanes of at least 4 members (excludes halogenated alkanes) is 12. The zero-order valence-electron chi connectivity index (χ0n) is 36.9. The maximum atomic E-state index is 14.5. The Hall–Kier alpha value is -2.12. The van der Waals surface area contributed by atoms with Crippen molar-refractivity contribution in [3.63, 3.8) is 0 Å². The second kappa shape index (κ2) is 18.7. The minimum Gasteiger partial charge on any atom is -0.455 e. The highest BCUT2D eigenvalue weighted by Gasteiger charge is 2.91. The normalized spacial score (nSPS) is 40.3. The number of benzene rings is 1. The molecular formula is C48H75NO10. The summed E-state index contributed by atoms with van der Waals surface area (Å²) in [4.78, 5) is 31.1. The summed E-state index contributed by atoms with van der Waals surface area (Å²) < 4.78 is 39.0. The number of carbonyl (C=O) groups is 2. The van der Waals surface area contributed by atoms with Gasteiger partial charge in [0.05, 0.1) is 24.4 Å². The van der Waals surface area contributed by atoms with Gasteiger partial charge in [0.2, 0.25) is 0 Å². The van der Waals surface area contributed by atoms with E-state index in [1.165, 1.54) is 64.9 Å². The Balaban J connectivity index is 1.21. The Morgan fingerprint density at radius 1 is 0.814 bits per heavy atom. The van der Waals surface area contributed by atoms with Crippen molar-refractivity contribution in [1.29, 1.82) is 0 Å². The molecular weight excluding hydrogens is 751 g/mol. The van der Waals surface area contributed by atoms with Gasteiger partial charge in [-0.2, -0.15) is 0 Å².